The van der Waals surface area contributed by atoms with Crippen LogP contribution in [0.1, 0.15) is 0 Å². The van der Waals surface area contributed by atoms with Gasteiger partial charge >= 0.3 is 5.51 Å². The predicted molar refractivity (Wildman–Crippen MR) is 52.3 cm³/mol. The topological polar surface area (TPSA) is 38.0 Å². The Morgan fingerprint density at radius 1 is 1.36 bits per heavy atom. The van der Waals surface area contributed by atoms with E-state index in [0.717, 1.165) is 0 Å². The van der Waals surface area contributed by atoms with Crippen molar-refractivity contribution in [2.24, 2.45) is 0 Å². The molecule has 0 unspecified atom stereocenters. The number of hydrogen-bond acceptors (Lipinski definition) is 3. The smallest absolute Gasteiger partial charge is 0.397 e. The molecule has 0 atom stereocenters. The van der Waals surface area contributed by atoms with E-state index in [-0.39, 0.29) is 16.7 Å². The molecule has 2 nitrogen and oxygen atoms in total. The minimum atomic E-state index is -4.26. The fourth-order valence-corrected chi connectivity index (χ4v) is 1.53. The maximum atomic E-state index is 12.0. The van der Waals surface area contributed by atoms with Crippen LogP contribution in [0.25, 0.3) is 0 Å². The van der Waals surface area contributed by atoms with Crippen LogP contribution in [-0.2, 0) is 0 Å². The van der Waals surface area contributed by atoms with Gasteiger partial charge in [0.15, 0.2) is 0 Å². The van der Waals surface area contributed by atoms with Gasteiger partial charge in [0.25, 0.3) is 0 Å². The molecule has 1 aromatic carbocycles. The van der Waals surface area contributed by atoms with Crippen molar-refractivity contribution in [1.29, 1.82) is 0 Å². The monoisotopic (exact) mass is 222 g/mol. The van der Waals surface area contributed by atoms with E-state index in [2.05, 4.69) is 5.32 Å². The molecule has 0 heterocycles. The Kier molecular flexibility index (Phi) is 3.15. The number of anilines is 2. The van der Waals surface area contributed by atoms with Gasteiger partial charge in [-0.2, -0.15) is 13.2 Å². The molecule has 0 bridgehead atoms. The second kappa shape index (κ2) is 4.00. The van der Waals surface area contributed by atoms with Gasteiger partial charge in [-0.05, 0) is 30.0 Å². The van der Waals surface area contributed by atoms with Gasteiger partial charge in [0, 0.05) is 11.9 Å². The number of rotatable bonds is 2. The van der Waals surface area contributed by atoms with Crippen LogP contribution in [0.2, 0.25) is 0 Å². The van der Waals surface area contributed by atoms with Gasteiger partial charge in [0.1, 0.15) is 0 Å². The predicted octanol–water partition coefficient (Wildman–Crippen LogP) is 2.92. The second-order valence-corrected chi connectivity index (χ2v) is 3.69. The summed E-state index contributed by atoms with van der Waals surface area (Å²) in [6.07, 6.45) is 0. The number of nitrogens with two attached hydrogens (primary N) is 1. The number of benzene rings is 1. The fourth-order valence-electron chi connectivity index (χ4n) is 0.949. The van der Waals surface area contributed by atoms with Crippen molar-refractivity contribution in [3.8, 4) is 0 Å². The molecule has 0 aliphatic carbocycles. The van der Waals surface area contributed by atoms with Crippen LogP contribution in [0.5, 0.6) is 0 Å². The number of alkyl halides is 3. The van der Waals surface area contributed by atoms with E-state index in [4.69, 9.17) is 5.73 Å². The molecule has 0 spiro atoms. The van der Waals surface area contributed by atoms with Crippen molar-refractivity contribution < 1.29 is 13.2 Å². The van der Waals surface area contributed by atoms with Crippen LogP contribution in [0.3, 0.4) is 0 Å². The first-order valence-electron chi connectivity index (χ1n) is 3.75. The van der Waals surface area contributed by atoms with E-state index < -0.39 is 5.51 Å². The number of halogens is 3. The maximum Gasteiger partial charge on any atom is 0.446 e. The summed E-state index contributed by atoms with van der Waals surface area (Å²) in [6, 6.07) is 4.15. The lowest BCUT2D eigenvalue weighted by atomic mass is 10.3. The maximum absolute atomic E-state index is 12.0. The van der Waals surface area contributed by atoms with Crippen LogP contribution >= 0.6 is 11.8 Å². The number of nitrogens with one attached hydrogen (secondary N) is 1. The lowest BCUT2D eigenvalue weighted by Gasteiger charge is -2.09. The van der Waals surface area contributed by atoms with E-state index in [1.165, 1.54) is 18.2 Å². The van der Waals surface area contributed by atoms with Crippen molar-refractivity contribution in [2.75, 3.05) is 18.1 Å². The quantitative estimate of drug-likeness (QED) is 0.597. The summed E-state index contributed by atoms with van der Waals surface area (Å²) in [5, 5.41) is 2.72. The van der Waals surface area contributed by atoms with Gasteiger partial charge < -0.3 is 11.1 Å². The molecule has 0 radical (unpaired) electrons. The summed E-state index contributed by atoms with van der Waals surface area (Å²) in [4.78, 5) is 0.121. The number of nitrogen functional groups attached to an aromatic ring is 1. The zero-order valence-electron chi connectivity index (χ0n) is 7.35. The Morgan fingerprint density at radius 3 is 2.50 bits per heavy atom. The van der Waals surface area contributed by atoms with Gasteiger partial charge in [-0.25, -0.2) is 0 Å². The summed E-state index contributed by atoms with van der Waals surface area (Å²) in [5.41, 5.74) is 2.18. The van der Waals surface area contributed by atoms with Crippen molar-refractivity contribution in [3.63, 3.8) is 0 Å². The molecule has 0 aliphatic rings. The standard InChI is InChI=1S/C8H9F3N2S/c1-13-7-4-5(2-3-6(7)12)14-8(9,10)11/h2-4,13H,12H2,1H3. The zero-order chi connectivity index (χ0) is 10.8. The fraction of sp³-hybridized carbons (Fsp3) is 0.250. The number of hydrogen-bond donors (Lipinski definition) is 2. The van der Waals surface area contributed by atoms with E-state index in [9.17, 15) is 13.2 Å². The van der Waals surface area contributed by atoms with Crippen LogP contribution < -0.4 is 11.1 Å². The Balaban J connectivity index is 2.90. The summed E-state index contributed by atoms with van der Waals surface area (Å²) < 4.78 is 36.0. The summed E-state index contributed by atoms with van der Waals surface area (Å²) in [5.74, 6) is 0. The molecule has 0 fully saturated rings. The van der Waals surface area contributed by atoms with Gasteiger partial charge in [-0.1, -0.05) is 0 Å². The third kappa shape index (κ3) is 3.02. The van der Waals surface area contributed by atoms with E-state index in [0.29, 0.717) is 11.4 Å². The molecule has 0 amide bonds. The minimum Gasteiger partial charge on any atom is -0.397 e. The Hall–Kier alpha value is -1.04. The van der Waals surface area contributed by atoms with Crippen LogP contribution in [0.4, 0.5) is 24.5 Å². The highest BCUT2D eigenvalue weighted by atomic mass is 32.2. The Labute approximate surface area is 83.7 Å². The third-order valence-electron chi connectivity index (χ3n) is 1.53. The van der Waals surface area contributed by atoms with Crippen LogP contribution in [-0.4, -0.2) is 12.6 Å². The molecule has 1 rings (SSSR count). The first-order valence-corrected chi connectivity index (χ1v) is 4.57. The van der Waals surface area contributed by atoms with Crippen molar-refractivity contribution >= 4 is 23.1 Å². The molecule has 0 aliphatic heterocycles. The van der Waals surface area contributed by atoms with E-state index in [1.807, 2.05) is 0 Å². The molecule has 0 saturated carbocycles. The molecule has 14 heavy (non-hydrogen) atoms. The molecular formula is C8H9F3N2S. The summed E-state index contributed by atoms with van der Waals surface area (Å²) in [6.45, 7) is 0. The minimum absolute atomic E-state index is 0.121. The SMILES string of the molecule is CNc1cc(SC(F)(F)F)ccc1N. The van der Waals surface area contributed by atoms with Crippen molar-refractivity contribution in [3.05, 3.63) is 18.2 Å². The van der Waals surface area contributed by atoms with Crippen molar-refractivity contribution in [1.82, 2.24) is 0 Å². The number of thioether (sulfide) groups is 1. The molecule has 3 N–H and O–H groups in total. The van der Waals surface area contributed by atoms with Crippen LogP contribution in [0.15, 0.2) is 23.1 Å². The van der Waals surface area contributed by atoms with Gasteiger partial charge in [0.05, 0.1) is 11.4 Å². The highest BCUT2D eigenvalue weighted by molar-refractivity contribution is 8.00. The van der Waals surface area contributed by atoms with Gasteiger partial charge in [0.2, 0.25) is 0 Å². The van der Waals surface area contributed by atoms with E-state index >= 15 is 0 Å². The molecule has 1 aromatic rings. The Bertz CT molecular complexity index is 325. The summed E-state index contributed by atoms with van der Waals surface area (Å²) in [7, 11) is 1.60. The van der Waals surface area contributed by atoms with Crippen molar-refractivity contribution in [2.45, 2.75) is 10.4 Å². The van der Waals surface area contributed by atoms with Gasteiger partial charge in [-0.15, -0.1) is 0 Å². The molecule has 0 saturated heterocycles. The van der Waals surface area contributed by atoms with Gasteiger partial charge in [-0.3, -0.25) is 0 Å². The normalized spacial score (nSPS) is 11.4. The average Bonchev–Trinajstić information content (AvgIpc) is 2.06. The second-order valence-electron chi connectivity index (χ2n) is 2.55. The first-order chi connectivity index (χ1) is 6.42. The van der Waals surface area contributed by atoms with E-state index in [1.54, 1.807) is 7.05 Å². The highest BCUT2D eigenvalue weighted by Crippen LogP contribution is 2.38. The Morgan fingerprint density at radius 2 is 2.00 bits per heavy atom. The average molecular weight is 222 g/mol. The summed E-state index contributed by atoms with van der Waals surface area (Å²) >= 11 is -0.157. The first kappa shape index (κ1) is 11.0. The molecule has 0 aromatic heterocycles. The largest absolute Gasteiger partial charge is 0.446 e. The molecule has 6 heteroatoms. The third-order valence-corrected chi connectivity index (χ3v) is 2.25. The zero-order valence-corrected chi connectivity index (χ0v) is 8.17. The lowest BCUT2D eigenvalue weighted by Crippen LogP contribution is -2.00. The highest BCUT2D eigenvalue weighted by Gasteiger charge is 2.29. The van der Waals surface area contributed by atoms with Crippen LogP contribution in [0, 0.1) is 0 Å². The molecular weight excluding hydrogens is 213 g/mol. The lowest BCUT2D eigenvalue weighted by molar-refractivity contribution is -0.0328. The molecule has 78 valence electrons.